The van der Waals surface area contributed by atoms with Crippen molar-refractivity contribution in [3.05, 3.63) is 17.2 Å². The number of nitrogens with one attached hydrogen (secondary N) is 2. The van der Waals surface area contributed by atoms with Gasteiger partial charge in [0.15, 0.2) is 0 Å². The maximum Gasteiger partial charge on any atom is 0.223 e. The average Bonchev–Trinajstić information content (AvgIpc) is 2.57. The van der Waals surface area contributed by atoms with E-state index in [1.54, 1.807) is 0 Å². The Morgan fingerprint density at radius 3 is 3.20 bits per heavy atom. The third-order valence-electron chi connectivity index (χ3n) is 2.88. The molecule has 1 heterocycles. The molecule has 15 heavy (non-hydrogen) atoms. The molecule has 0 spiro atoms. The molecule has 0 bridgehead atoms. The van der Waals surface area contributed by atoms with Crippen LogP contribution in [0.5, 0.6) is 0 Å². The van der Waals surface area contributed by atoms with E-state index in [0.29, 0.717) is 6.54 Å². The van der Waals surface area contributed by atoms with E-state index in [9.17, 15) is 4.79 Å². The molecule has 1 amide bonds. The van der Waals surface area contributed by atoms with Crippen molar-refractivity contribution in [1.82, 2.24) is 15.3 Å². The van der Waals surface area contributed by atoms with Gasteiger partial charge in [0.05, 0.1) is 5.69 Å². The SMILES string of the molecule is CCNC(=O)C1CCc2nc(C)[nH]c2C1. The number of hydrogen-bond donors (Lipinski definition) is 2. The van der Waals surface area contributed by atoms with Gasteiger partial charge in [-0.05, 0) is 26.7 Å². The number of amides is 1. The highest BCUT2D eigenvalue weighted by atomic mass is 16.1. The molecule has 1 aromatic heterocycles. The predicted octanol–water partition coefficient (Wildman–Crippen LogP) is 0.959. The largest absolute Gasteiger partial charge is 0.356 e. The van der Waals surface area contributed by atoms with Gasteiger partial charge in [0.1, 0.15) is 5.82 Å². The van der Waals surface area contributed by atoms with Crippen LogP contribution in [-0.2, 0) is 17.6 Å². The van der Waals surface area contributed by atoms with E-state index in [0.717, 1.165) is 36.5 Å². The Balaban J connectivity index is 2.08. The van der Waals surface area contributed by atoms with Gasteiger partial charge in [-0.3, -0.25) is 4.79 Å². The quantitative estimate of drug-likeness (QED) is 0.759. The third-order valence-corrected chi connectivity index (χ3v) is 2.88. The number of H-pyrrole nitrogens is 1. The summed E-state index contributed by atoms with van der Waals surface area (Å²) in [5.41, 5.74) is 2.29. The summed E-state index contributed by atoms with van der Waals surface area (Å²) in [6.07, 6.45) is 2.65. The molecule has 0 saturated carbocycles. The highest BCUT2D eigenvalue weighted by Crippen LogP contribution is 2.23. The normalized spacial score (nSPS) is 19.7. The number of nitrogens with zero attached hydrogens (tertiary/aromatic N) is 1. The Labute approximate surface area is 89.5 Å². The molecule has 1 aliphatic rings. The second-order valence-electron chi connectivity index (χ2n) is 4.08. The maximum absolute atomic E-state index is 11.7. The molecule has 2 rings (SSSR count). The van der Waals surface area contributed by atoms with E-state index in [1.807, 2.05) is 13.8 Å². The lowest BCUT2D eigenvalue weighted by Gasteiger charge is -2.20. The highest BCUT2D eigenvalue weighted by molar-refractivity contribution is 5.79. The van der Waals surface area contributed by atoms with Crippen molar-refractivity contribution in [2.75, 3.05) is 6.54 Å². The summed E-state index contributed by atoms with van der Waals surface area (Å²) in [7, 11) is 0. The third kappa shape index (κ3) is 2.03. The van der Waals surface area contributed by atoms with Gasteiger partial charge in [-0.25, -0.2) is 4.98 Å². The van der Waals surface area contributed by atoms with Gasteiger partial charge < -0.3 is 10.3 Å². The first-order valence-corrected chi connectivity index (χ1v) is 5.52. The van der Waals surface area contributed by atoms with E-state index in [1.165, 1.54) is 0 Å². The lowest BCUT2D eigenvalue weighted by molar-refractivity contribution is -0.125. The second-order valence-corrected chi connectivity index (χ2v) is 4.08. The number of rotatable bonds is 2. The van der Waals surface area contributed by atoms with Gasteiger partial charge >= 0.3 is 0 Å². The lowest BCUT2D eigenvalue weighted by Crippen LogP contribution is -2.33. The summed E-state index contributed by atoms with van der Waals surface area (Å²) in [6.45, 7) is 4.62. The lowest BCUT2D eigenvalue weighted by atomic mass is 9.89. The summed E-state index contributed by atoms with van der Waals surface area (Å²) in [6, 6.07) is 0. The Kier molecular flexibility index (Phi) is 2.75. The molecule has 0 saturated heterocycles. The van der Waals surface area contributed by atoms with Crippen LogP contribution in [0.25, 0.3) is 0 Å². The molecule has 0 fully saturated rings. The molecule has 0 aliphatic heterocycles. The van der Waals surface area contributed by atoms with Gasteiger partial charge in [0.2, 0.25) is 5.91 Å². The summed E-state index contributed by atoms with van der Waals surface area (Å²) >= 11 is 0. The summed E-state index contributed by atoms with van der Waals surface area (Å²) in [5.74, 6) is 1.25. The second kappa shape index (κ2) is 4.04. The van der Waals surface area contributed by atoms with Gasteiger partial charge in [0, 0.05) is 24.6 Å². The number of carbonyl (C=O) groups is 1. The van der Waals surface area contributed by atoms with Crippen LogP contribution in [0, 0.1) is 12.8 Å². The zero-order valence-corrected chi connectivity index (χ0v) is 9.26. The number of imidazole rings is 1. The zero-order chi connectivity index (χ0) is 10.8. The van der Waals surface area contributed by atoms with Gasteiger partial charge in [-0.15, -0.1) is 0 Å². The molecule has 2 N–H and O–H groups in total. The molecule has 0 radical (unpaired) electrons. The first-order valence-electron chi connectivity index (χ1n) is 5.52. The Hall–Kier alpha value is -1.32. The molecule has 1 atom stereocenters. The van der Waals surface area contributed by atoms with Crippen molar-refractivity contribution >= 4 is 5.91 Å². The molecule has 1 unspecified atom stereocenters. The Bertz CT molecular complexity index is 370. The van der Waals surface area contributed by atoms with Crippen molar-refractivity contribution in [3.8, 4) is 0 Å². The minimum atomic E-state index is 0.122. The number of hydrogen-bond acceptors (Lipinski definition) is 2. The predicted molar refractivity (Wildman–Crippen MR) is 57.5 cm³/mol. The number of carbonyl (C=O) groups excluding carboxylic acids is 1. The fourth-order valence-corrected chi connectivity index (χ4v) is 2.17. The van der Waals surface area contributed by atoms with E-state index >= 15 is 0 Å². The van der Waals surface area contributed by atoms with Gasteiger partial charge in [-0.2, -0.15) is 0 Å². The fraction of sp³-hybridized carbons (Fsp3) is 0.636. The van der Waals surface area contributed by atoms with E-state index in [2.05, 4.69) is 15.3 Å². The summed E-state index contributed by atoms with van der Waals surface area (Å²) in [5, 5.41) is 2.88. The van der Waals surface area contributed by atoms with Crippen molar-refractivity contribution < 1.29 is 4.79 Å². The first kappa shape index (κ1) is 10.2. The molecule has 0 aromatic carbocycles. The van der Waals surface area contributed by atoms with Crippen molar-refractivity contribution in [1.29, 1.82) is 0 Å². The zero-order valence-electron chi connectivity index (χ0n) is 9.26. The molecule has 1 aromatic rings. The fourth-order valence-electron chi connectivity index (χ4n) is 2.17. The summed E-state index contributed by atoms with van der Waals surface area (Å²) in [4.78, 5) is 19.3. The molecular weight excluding hydrogens is 190 g/mol. The smallest absolute Gasteiger partial charge is 0.223 e. The molecule has 1 aliphatic carbocycles. The number of aryl methyl sites for hydroxylation is 2. The van der Waals surface area contributed by atoms with Gasteiger partial charge in [-0.1, -0.05) is 0 Å². The highest BCUT2D eigenvalue weighted by Gasteiger charge is 2.26. The van der Waals surface area contributed by atoms with Crippen molar-refractivity contribution in [3.63, 3.8) is 0 Å². The number of fused-ring (bicyclic) bond motifs is 1. The van der Waals surface area contributed by atoms with Gasteiger partial charge in [0.25, 0.3) is 0 Å². The van der Waals surface area contributed by atoms with Crippen LogP contribution in [0.2, 0.25) is 0 Å². The van der Waals surface area contributed by atoms with Crippen molar-refractivity contribution in [2.45, 2.75) is 33.1 Å². The minimum Gasteiger partial charge on any atom is -0.356 e. The Morgan fingerprint density at radius 1 is 1.67 bits per heavy atom. The maximum atomic E-state index is 11.7. The number of aromatic amines is 1. The molecule has 4 heteroatoms. The average molecular weight is 207 g/mol. The van der Waals surface area contributed by atoms with E-state index in [4.69, 9.17) is 0 Å². The van der Waals surface area contributed by atoms with Crippen LogP contribution in [0.1, 0.15) is 30.6 Å². The minimum absolute atomic E-state index is 0.122. The Morgan fingerprint density at radius 2 is 2.47 bits per heavy atom. The summed E-state index contributed by atoms with van der Waals surface area (Å²) < 4.78 is 0. The van der Waals surface area contributed by atoms with E-state index in [-0.39, 0.29) is 11.8 Å². The molecule has 82 valence electrons. The van der Waals surface area contributed by atoms with Crippen LogP contribution in [0.3, 0.4) is 0 Å². The first-order chi connectivity index (χ1) is 7.20. The molecule has 4 nitrogen and oxygen atoms in total. The van der Waals surface area contributed by atoms with Crippen LogP contribution < -0.4 is 5.32 Å². The van der Waals surface area contributed by atoms with Crippen molar-refractivity contribution in [2.24, 2.45) is 5.92 Å². The van der Waals surface area contributed by atoms with Crippen LogP contribution in [-0.4, -0.2) is 22.4 Å². The van der Waals surface area contributed by atoms with E-state index < -0.39 is 0 Å². The van der Waals surface area contributed by atoms with Crippen LogP contribution >= 0.6 is 0 Å². The topological polar surface area (TPSA) is 57.8 Å². The molecular formula is C11H17N3O. The standard InChI is InChI=1S/C11H17N3O/c1-3-12-11(15)8-4-5-9-10(6-8)14-7(2)13-9/h8H,3-6H2,1-2H3,(H,12,15)(H,13,14). The van der Waals surface area contributed by atoms with Crippen LogP contribution in [0.15, 0.2) is 0 Å². The number of aromatic nitrogens is 2. The van der Waals surface area contributed by atoms with Crippen LogP contribution in [0.4, 0.5) is 0 Å². The monoisotopic (exact) mass is 207 g/mol.